The summed E-state index contributed by atoms with van der Waals surface area (Å²) in [7, 11) is 0. The van der Waals surface area contributed by atoms with Crippen LogP contribution in [0.5, 0.6) is 0 Å². The highest BCUT2D eigenvalue weighted by Gasteiger charge is 2.28. The molecule has 2 rings (SSSR count). The van der Waals surface area contributed by atoms with E-state index in [1.54, 1.807) is 17.1 Å². The smallest absolute Gasteiger partial charge is 0.307 e. The van der Waals surface area contributed by atoms with Gasteiger partial charge >= 0.3 is 5.97 Å². The zero-order chi connectivity index (χ0) is 12.4. The van der Waals surface area contributed by atoms with E-state index in [2.05, 4.69) is 5.43 Å². The van der Waals surface area contributed by atoms with Gasteiger partial charge in [0.15, 0.2) is 0 Å². The number of para-hydroxylation sites is 1. The van der Waals surface area contributed by atoms with Crippen LogP contribution in [0.4, 0.5) is 5.69 Å². The summed E-state index contributed by atoms with van der Waals surface area (Å²) in [4.78, 5) is 22.1. The highest BCUT2D eigenvalue weighted by Crippen LogP contribution is 2.25. The average molecular weight is 234 g/mol. The Labute approximate surface area is 99.0 Å². The number of carboxylic acid groups (broad SMARTS) is 1. The Balaban J connectivity index is 2.31. The largest absolute Gasteiger partial charge is 0.481 e. The number of nitrogens with one attached hydrogen (secondary N) is 1. The van der Waals surface area contributed by atoms with E-state index in [0.717, 1.165) is 5.69 Å². The Morgan fingerprint density at radius 2 is 2.24 bits per heavy atom. The van der Waals surface area contributed by atoms with Gasteiger partial charge in [0.2, 0.25) is 5.91 Å². The molecule has 0 aromatic heterocycles. The molecule has 1 aliphatic heterocycles. The zero-order valence-corrected chi connectivity index (χ0v) is 9.51. The van der Waals surface area contributed by atoms with E-state index in [0.29, 0.717) is 12.0 Å². The molecule has 1 aliphatic rings. The van der Waals surface area contributed by atoms with Crippen LogP contribution in [0.3, 0.4) is 0 Å². The molecular weight excluding hydrogens is 220 g/mol. The van der Waals surface area contributed by atoms with Crippen LogP contribution in [0, 0.1) is 0 Å². The van der Waals surface area contributed by atoms with Gasteiger partial charge in [0.25, 0.3) is 0 Å². The first-order valence-corrected chi connectivity index (χ1v) is 5.46. The second kappa shape index (κ2) is 4.45. The minimum absolute atomic E-state index is 0.0392. The Morgan fingerprint density at radius 3 is 2.82 bits per heavy atom. The fraction of sp³-hybridized carbons (Fsp3) is 0.333. The van der Waals surface area contributed by atoms with Crippen LogP contribution < -0.4 is 10.4 Å². The molecule has 0 bridgehead atoms. The molecule has 1 aromatic rings. The summed E-state index contributed by atoms with van der Waals surface area (Å²) in [5.74, 6) is -0.918. The normalized spacial score (nSPS) is 19.2. The molecule has 0 saturated carbocycles. The van der Waals surface area contributed by atoms with Gasteiger partial charge in [-0.25, -0.2) is 0 Å². The van der Waals surface area contributed by atoms with Crippen molar-refractivity contribution in [3.05, 3.63) is 29.8 Å². The molecule has 1 atom stereocenters. The second-order valence-electron chi connectivity index (χ2n) is 4.16. The summed E-state index contributed by atoms with van der Waals surface area (Å²) < 4.78 is 0. The van der Waals surface area contributed by atoms with Crippen LogP contribution in [0.2, 0.25) is 0 Å². The van der Waals surface area contributed by atoms with Crippen LogP contribution in [0.15, 0.2) is 24.3 Å². The lowest BCUT2D eigenvalue weighted by Gasteiger charge is -2.24. The van der Waals surface area contributed by atoms with Crippen molar-refractivity contribution in [2.75, 3.05) is 5.01 Å². The van der Waals surface area contributed by atoms with E-state index in [1.807, 2.05) is 19.1 Å². The van der Waals surface area contributed by atoms with Crippen LogP contribution >= 0.6 is 0 Å². The molecular formula is C12H14N2O3. The number of nitrogens with zero attached hydrogens (tertiary/aromatic N) is 1. The third-order valence-corrected chi connectivity index (χ3v) is 2.76. The molecule has 1 heterocycles. The van der Waals surface area contributed by atoms with Gasteiger partial charge in [-0.05, 0) is 18.6 Å². The van der Waals surface area contributed by atoms with E-state index < -0.39 is 5.97 Å². The summed E-state index contributed by atoms with van der Waals surface area (Å²) in [6.45, 7) is 1.93. The lowest BCUT2D eigenvalue weighted by atomic mass is 10.1. The number of anilines is 1. The number of carboxylic acids is 1. The molecule has 0 spiro atoms. The third-order valence-electron chi connectivity index (χ3n) is 2.76. The van der Waals surface area contributed by atoms with Crippen molar-refractivity contribution in [3.8, 4) is 0 Å². The number of carbonyl (C=O) groups is 2. The van der Waals surface area contributed by atoms with Gasteiger partial charge in [-0.2, -0.15) is 0 Å². The van der Waals surface area contributed by atoms with Crippen molar-refractivity contribution in [2.24, 2.45) is 0 Å². The van der Waals surface area contributed by atoms with E-state index in [9.17, 15) is 9.59 Å². The van der Waals surface area contributed by atoms with E-state index >= 15 is 0 Å². The van der Waals surface area contributed by atoms with Crippen LogP contribution in [0.1, 0.15) is 18.9 Å². The predicted octanol–water partition coefficient (Wildman–Crippen LogP) is 0.944. The standard InChI is InChI=1S/C12H14N2O3/c1-8-6-11(15)13-14(8)10-5-3-2-4-9(10)7-12(16)17/h2-5,8H,6-7H2,1H3,(H,13,15)(H,16,17). The highest BCUT2D eigenvalue weighted by atomic mass is 16.4. The van der Waals surface area contributed by atoms with Crippen molar-refractivity contribution < 1.29 is 14.7 Å². The maximum atomic E-state index is 11.3. The maximum absolute atomic E-state index is 11.3. The predicted molar refractivity (Wildman–Crippen MR) is 62.5 cm³/mol. The van der Waals surface area contributed by atoms with Gasteiger partial charge in [-0.3, -0.25) is 20.0 Å². The lowest BCUT2D eigenvalue weighted by Crippen LogP contribution is -2.37. The topological polar surface area (TPSA) is 69.6 Å². The summed E-state index contributed by atoms with van der Waals surface area (Å²) in [6.07, 6.45) is 0.386. The van der Waals surface area contributed by atoms with Crippen LogP contribution in [0.25, 0.3) is 0 Å². The Kier molecular flexibility index (Phi) is 2.99. The summed E-state index contributed by atoms with van der Waals surface area (Å²) in [6, 6.07) is 7.25. The Morgan fingerprint density at radius 1 is 1.53 bits per heavy atom. The van der Waals surface area contributed by atoms with Gasteiger partial charge in [0.05, 0.1) is 24.6 Å². The van der Waals surface area contributed by atoms with Crippen molar-refractivity contribution in [3.63, 3.8) is 0 Å². The summed E-state index contributed by atoms with van der Waals surface area (Å²) in [5, 5.41) is 10.6. The minimum Gasteiger partial charge on any atom is -0.481 e. The number of hydrogen-bond acceptors (Lipinski definition) is 3. The molecule has 1 unspecified atom stereocenters. The van der Waals surface area contributed by atoms with E-state index in [1.165, 1.54) is 0 Å². The number of benzene rings is 1. The van der Waals surface area contributed by atoms with Gasteiger partial charge in [0, 0.05) is 0 Å². The first-order valence-electron chi connectivity index (χ1n) is 5.46. The molecule has 5 heteroatoms. The van der Waals surface area contributed by atoms with E-state index in [4.69, 9.17) is 5.11 Å². The van der Waals surface area contributed by atoms with Gasteiger partial charge in [-0.1, -0.05) is 18.2 Å². The number of aliphatic carboxylic acids is 1. The quantitative estimate of drug-likeness (QED) is 0.816. The Hall–Kier alpha value is -2.04. The van der Waals surface area contributed by atoms with E-state index in [-0.39, 0.29) is 18.4 Å². The third kappa shape index (κ3) is 2.38. The zero-order valence-electron chi connectivity index (χ0n) is 9.51. The molecule has 2 N–H and O–H groups in total. The monoisotopic (exact) mass is 234 g/mol. The highest BCUT2D eigenvalue weighted by molar-refractivity contribution is 5.83. The van der Waals surface area contributed by atoms with Crippen molar-refractivity contribution in [1.29, 1.82) is 0 Å². The number of hydrogen-bond donors (Lipinski definition) is 2. The first-order chi connectivity index (χ1) is 8.08. The molecule has 1 amide bonds. The van der Waals surface area contributed by atoms with Gasteiger partial charge in [0.1, 0.15) is 0 Å². The number of amides is 1. The van der Waals surface area contributed by atoms with Crippen LogP contribution in [-0.2, 0) is 16.0 Å². The molecule has 1 fully saturated rings. The second-order valence-corrected chi connectivity index (χ2v) is 4.16. The van der Waals surface area contributed by atoms with Crippen molar-refractivity contribution in [1.82, 2.24) is 5.43 Å². The number of hydrazine groups is 1. The minimum atomic E-state index is -0.879. The fourth-order valence-electron chi connectivity index (χ4n) is 2.01. The van der Waals surface area contributed by atoms with Crippen LogP contribution in [-0.4, -0.2) is 23.0 Å². The number of rotatable bonds is 3. The lowest BCUT2D eigenvalue weighted by molar-refractivity contribution is -0.136. The molecule has 0 radical (unpaired) electrons. The fourth-order valence-corrected chi connectivity index (χ4v) is 2.01. The van der Waals surface area contributed by atoms with Gasteiger partial charge < -0.3 is 5.11 Å². The van der Waals surface area contributed by atoms with Gasteiger partial charge in [-0.15, -0.1) is 0 Å². The molecule has 1 aromatic carbocycles. The van der Waals surface area contributed by atoms with Crippen molar-refractivity contribution in [2.45, 2.75) is 25.8 Å². The maximum Gasteiger partial charge on any atom is 0.307 e. The molecule has 90 valence electrons. The molecule has 17 heavy (non-hydrogen) atoms. The Bertz CT molecular complexity index is 459. The number of carbonyl (C=O) groups excluding carboxylic acids is 1. The summed E-state index contributed by atoms with van der Waals surface area (Å²) >= 11 is 0. The molecule has 5 nitrogen and oxygen atoms in total. The average Bonchev–Trinajstić information content (AvgIpc) is 2.58. The first kappa shape index (κ1) is 11.4. The van der Waals surface area contributed by atoms with Crippen molar-refractivity contribution >= 4 is 17.6 Å². The SMILES string of the molecule is CC1CC(=O)NN1c1ccccc1CC(=O)O. The molecule has 0 aliphatic carbocycles. The summed E-state index contributed by atoms with van der Waals surface area (Å²) in [5.41, 5.74) is 4.20. The molecule has 1 saturated heterocycles.